The molecule has 0 aliphatic rings. The van der Waals surface area contributed by atoms with E-state index in [1.807, 2.05) is 0 Å². The Morgan fingerprint density at radius 1 is 1.50 bits per heavy atom. The largest absolute Gasteiger partial charge is 0.322 e. The van der Waals surface area contributed by atoms with Gasteiger partial charge in [0, 0.05) is 11.3 Å². The molecule has 0 aliphatic heterocycles. The molecule has 14 heavy (non-hydrogen) atoms. The molecule has 0 atom stereocenters. The minimum absolute atomic E-state index is 0.249. The van der Waals surface area contributed by atoms with Crippen molar-refractivity contribution in [3.8, 4) is 0 Å². The molecule has 0 heterocycles. The molecule has 1 amide bonds. The summed E-state index contributed by atoms with van der Waals surface area (Å²) in [6.07, 6.45) is 3.02. The number of nitrogens with one attached hydrogen (secondary N) is 1. The fourth-order valence-corrected chi connectivity index (χ4v) is 1.07. The molecule has 0 unspecified atom stereocenters. The fourth-order valence-electron chi connectivity index (χ4n) is 1.07. The van der Waals surface area contributed by atoms with Crippen molar-refractivity contribution >= 4 is 11.6 Å². The molecule has 0 bridgehead atoms. The first-order valence-electron chi connectivity index (χ1n) is 4.34. The molecule has 0 saturated heterocycles. The molecular weight excluding hydrogens is 181 g/mol. The van der Waals surface area contributed by atoms with Crippen LogP contribution in [0.3, 0.4) is 0 Å². The van der Waals surface area contributed by atoms with Crippen LogP contribution in [0.15, 0.2) is 30.4 Å². The minimum atomic E-state index is -0.316. The van der Waals surface area contributed by atoms with E-state index in [1.54, 1.807) is 32.1 Å². The highest BCUT2D eigenvalue weighted by molar-refractivity contribution is 5.99. The van der Waals surface area contributed by atoms with Crippen molar-refractivity contribution in [2.45, 2.75) is 13.8 Å². The number of allylic oxidation sites excluding steroid dienone is 1. The summed E-state index contributed by atoms with van der Waals surface area (Å²) in [5, 5.41) is 2.59. The lowest BCUT2D eigenvalue weighted by atomic mass is 10.2. The van der Waals surface area contributed by atoms with Crippen molar-refractivity contribution in [3.63, 3.8) is 0 Å². The van der Waals surface area contributed by atoms with Gasteiger partial charge in [-0.2, -0.15) is 0 Å². The third kappa shape index (κ3) is 2.42. The van der Waals surface area contributed by atoms with E-state index in [2.05, 4.69) is 5.32 Å². The van der Waals surface area contributed by atoms with Gasteiger partial charge in [-0.05, 0) is 32.1 Å². The number of rotatable bonds is 2. The molecule has 0 spiro atoms. The second-order valence-corrected chi connectivity index (χ2v) is 2.90. The number of hydrogen-bond donors (Lipinski definition) is 1. The van der Waals surface area contributed by atoms with Crippen LogP contribution < -0.4 is 5.32 Å². The average Bonchev–Trinajstić information content (AvgIpc) is 2.13. The van der Waals surface area contributed by atoms with Crippen LogP contribution in [0.25, 0.3) is 0 Å². The van der Waals surface area contributed by atoms with Crippen LogP contribution in [0.1, 0.15) is 12.5 Å². The van der Waals surface area contributed by atoms with Crippen LogP contribution in [0.5, 0.6) is 0 Å². The van der Waals surface area contributed by atoms with Crippen molar-refractivity contribution in [3.05, 3.63) is 41.7 Å². The molecule has 3 heteroatoms. The SMILES string of the molecule is CC=CC(=O)Nc1cccc(F)c1C. The van der Waals surface area contributed by atoms with Crippen LogP contribution in [-0.2, 0) is 4.79 Å². The Labute approximate surface area is 82.4 Å². The topological polar surface area (TPSA) is 29.1 Å². The van der Waals surface area contributed by atoms with Gasteiger partial charge < -0.3 is 5.32 Å². The fraction of sp³-hybridized carbons (Fsp3) is 0.182. The predicted molar refractivity (Wildman–Crippen MR) is 54.6 cm³/mol. The Morgan fingerprint density at radius 2 is 2.21 bits per heavy atom. The van der Waals surface area contributed by atoms with Gasteiger partial charge in [-0.25, -0.2) is 4.39 Å². The maximum atomic E-state index is 13.0. The zero-order valence-corrected chi connectivity index (χ0v) is 8.17. The number of halogens is 1. The van der Waals surface area contributed by atoms with Crippen LogP contribution >= 0.6 is 0 Å². The van der Waals surface area contributed by atoms with Crippen LogP contribution in [0, 0.1) is 12.7 Å². The van der Waals surface area contributed by atoms with Gasteiger partial charge in [0.1, 0.15) is 5.82 Å². The predicted octanol–water partition coefficient (Wildman–Crippen LogP) is 2.65. The number of anilines is 1. The normalized spacial score (nSPS) is 10.5. The van der Waals surface area contributed by atoms with Gasteiger partial charge in [0.15, 0.2) is 0 Å². The molecule has 0 fully saturated rings. The summed E-state index contributed by atoms with van der Waals surface area (Å²) in [4.78, 5) is 11.2. The van der Waals surface area contributed by atoms with E-state index in [-0.39, 0.29) is 11.7 Å². The molecule has 1 rings (SSSR count). The lowest BCUT2D eigenvalue weighted by Crippen LogP contribution is -2.09. The van der Waals surface area contributed by atoms with Gasteiger partial charge in [-0.1, -0.05) is 12.1 Å². The summed E-state index contributed by atoms with van der Waals surface area (Å²) in [6.45, 7) is 3.37. The van der Waals surface area contributed by atoms with Crippen molar-refractivity contribution in [2.75, 3.05) is 5.32 Å². The summed E-state index contributed by atoms with van der Waals surface area (Å²) in [5.41, 5.74) is 0.957. The summed E-state index contributed by atoms with van der Waals surface area (Å²) < 4.78 is 13.0. The average molecular weight is 193 g/mol. The number of benzene rings is 1. The molecule has 0 radical (unpaired) electrons. The summed E-state index contributed by atoms with van der Waals surface area (Å²) in [5.74, 6) is -0.565. The van der Waals surface area contributed by atoms with Crippen LogP contribution in [-0.4, -0.2) is 5.91 Å². The Hall–Kier alpha value is -1.64. The first-order valence-corrected chi connectivity index (χ1v) is 4.34. The molecule has 1 N–H and O–H groups in total. The molecule has 0 aromatic heterocycles. The van der Waals surface area contributed by atoms with Gasteiger partial charge in [0.25, 0.3) is 0 Å². The van der Waals surface area contributed by atoms with Gasteiger partial charge in [-0.3, -0.25) is 4.79 Å². The second-order valence-electron chi connectivity index (χ2n) is 2.90. The summed E-state index contributed by atoms with van der Waals surface area (Å²) in [7, 11) is 0. The number of carbonyl (C=O) groups excluding carboxylic acids is 1. The highest BCUT2D eigenvalue weighted by atomic mass is 19.1. The highest BCUT2D eigenvalue weighted by Gasteiger charge is 2.04. The molecular formula is C11H12FNO. The van der Waals surface area contributed by atoms with Crippen molar-refractivity contribution in [1.82, 2.24) is 0 Å². The molecule has 0 saturated carbocycles. The summed E-state index contributed by atoms with van der Waals surface area (Å²) >= 11 is 0. The maximum Gasteiger partial charge on any atom is 0.248 e. The zero-order chi connectivity index (χ0) is 10.6. The minimum Gasteiger partial charge on any atom is -0.322 e. The molecule has 0 aliphatic carbocycles. The van der Waals surface area contributed by atoms with Crippen molar-refractivity contribution in [1.29, 1.82) is 0 Å². The Morgan fingerprint density at radius 3 is 2.86 bits per heavy atom. The first kappa shape index (κ1) is 10.4. The monoisotopic (exact) mass is 193 g/mol. The third-order valence-electron chi connectivity index (χ3n) is 1.84. The van der Waals surface area contributed by atoms with Gasteiger partial charge in [0.2, 0.25) is 5.91 Å². The van der Waals surface area contributed by atoms with Gasteiger partial charge >= 0.3 is 0 Å². The second kappa shape index (κ2) is 4.56. The number of hydrogen-bond acceptors (Lipinski definition) is 1. The lowest BCUT2D eigenvalue weighted by Gasteiger charge is -2.06. The van der Waals surface area contributed by atoms with E-state index < -0.39 is 0 Å². The third-order valence-corrected chi connectivity index (χ3v) is 1.84. The van der Waals surface area contributed by atoms with Crippen LogP contribution in [0.4, 0.5) is 10.1 Å². The molecule has 1 aromatic carbocycles. The Kier molecular flexibility index (Phi) is 3.40. The highest BCUT2D eigenvalue weighted by Crippen LogP contribution is 2.17. The van der Waals surface area contributed by atoms with Crippen molar-refractivity contribution < 1.29 is 9.18 Å². The first-order chi connectivity index (χ1) is 6.65. The van der Waals surface area contributed by atoms with Gasteiger partial charge in [0.05, 0.1) is 0 Å². The van der Waals surface area contributed by atoms with E-state index in [0.717, 1.165) is 0 Å². The van der Waals surface area contributed by atoms with E-state index in [1.165, 1.54) is 12.1 Å². The summed E-state index contributed by atoms with van der Waals surface area (Å²) in [6, 6.07) is 4.59. The zero-order valence-electron chi connectivity index (χ0n) is 8.17. The quantitative estimate of drug-likeness (QED) is 0.719. The number of amides is 1. The van der Waals surface area contributed by atoms with Crippen LogP contribution in [0.2, 0.25) is 0 Å². The standard InChI is InChI=1S/C11H12FNO/c1-3-5-11(14)13-10-7-4-6-9(12)8(10)2/h3-7H,1-2H3,(H,13,14). The Balaban J connectivity index is 2.87. The van der Waals surface area contributed by atoms with Gasteiger partial charge in [-0.15, -0.1) is 0 Å². The maximum absolute atomic E-state index is 13.0. The van der Waals surface area contributed by atoms with E-state index in [0.29, 0.717) is 11.3 Å². The molecule has 1 aromatic rings. The molecule has 2 nitrogen and oxygen atoms in total. The smallest absolute Gasteiger partial charge is 0.248 e. The Bertz CT molecular complexity index is 372. The molecule has 74 valence electrons. The van der Waals surface area contributed by atoms with E-state index >= 15 is 0 Å². The van der Waals surface area contributed by atoms with E-state index in [4.69, 9.17) is 0 Å². The van der Waals surface area contributed by atoms with Crippen molar-refractivity contribution in [2.24, 2.45) is 0 Å². The van der Waals surface area contributed by atoms with E-state index in [9.17, 15) is 9.18 Å². The number of carbonyl (C=O) groups is 1. The lowest BCUT2D eigenvalue weighted by molar-refractivity contribution is -0.111.